The molecule has 0 saturated heterocycles. The van der Waals surface area contributed by atoms with Gasteiger partial charge in [0.1, 0.15) is 0 Å². The third kappa shape index (κ3) is 1.81. The average molecular weight is 231 g/mol. The molecule has 0 unspecified atom stereocenters. The minimum atomic E-state index is -0.525. The number of aliphatic imine (C=N–C) groups is 1. The highest BCUT2D eigenvalue weighted by Gasteiger charge is 2.16. The van der Waals surface area contributed by atoms with Gasteiger partial charge in [0.25, 0.3) is 0 Å². The van der Waals surface area contributed by atoms with Gasteiger partial charge in [-0.15, -0.1) is 0 Å². The van der Waals surface area contributed by atoms with Crippen LogP contribution in [0.1, 0.15) is 10.5 Å². The molecule has 0 radical (unpaired) electrons. The summed E-state index contributed by atoms with van der Waals surface area (Å²) >= 11 is 0. The number of rotatable bonds is 2. The van der Waals surface area contributed by atoms with E-state index in [0.29, 0.717) is 11.1 Å². The molecule has 2 aromatic rings. The molecular weight excluding hydrogens is 222 g/mol. The fourth-order valence-electron chi connectivity index (χ4n) is 1.62. The SMILES string of the molecule is COC(=O)c1nn(C)c2ccc(N=C=O)cc12. The van der Waals surface area contributed by atoms with Crippen molar-refractivity contribution in [3.05, 3.63) is 23.9 Å². The van der Waals surface area contributed by atoms with E-state index < -0.39 is 5.97 Å². The number of carbonyl (C=O) groups is 1. The molecular formula is C11H9N3O3. The highest BCUT2D eigenvalue weighted by atomic mass is 16.5. The largest absolute Gasteiger partial charge is 0.464 e. The van der Waals surface area contributed by atoms with E-state index in [2.05, 4.69) is 14.8 Å². The third-order valence-corrected chi connectivity index (χ3v) is 2.39. The van der Waals surface area contributed by atoms with Gasteiger partial charge in [0.05, 0.1) is 18.3 Å². The van der Waals surface area contributed by atoms with E-state index in [4.69, 9.17) is 0 Å². The molecule has 0 N–H and O–H groups in total. The van der Waals surface area contributed by atoms with E-state index >= 15 is 0 Å². The third-order valence-electron chi connectivity index (χ3n) is 2.39. The Kier molecular flexibility index (Phi) is 2.72. The molecule has 2 rings (SSSR count). The molecule has 0 spiro atoms. The molecule has 6 nitrogen and oxygen atoms in total. The van der Waals surface area contributed by atoms with Crippen molar-refractivity contribution in [3.63, 3.8) is 0 Å². The van der Waals surface area contributed by atoms with Crippen LogP contribution in [0.4, 0.5) is 5.69 Å². The molecule has 0 saturated carbocycles. The molecule has 1 heterocycles. The number of carbonyl (C=O) groups excluding carboxylic acids is 2. The van der Waals surface area contributed by atoms with Crippen molar-refractivity contribution < 1.29 is 14.3 Å². The van der Waals surface area contributed by atoms with Crippen LogP contribution in [0, 0.1) is 0 Å². The maximum absolute atomic E-state index is 11.5. The normalized spacial score (nSPS) is 10.0. The first-order chi connectivity index (χ1) is 8.17. The summed E-state index contributed by atoms with van der Waals surface area (Å²) in [6.45, 7) is 0. The van der Waals surface area contributed by atoms with Crippen molar-refractivity contribution >= 4 is 28.6 Å². The summed E-state index contributed by atoms with van der Waals surface area (Å²) in [4.78, 5) is 25.2. The number of benzene rings is 1. The predicted octanol–water partition coefficient (Wildman–Crippen LogP) is 1.33. The second-order valence-corrected chi connectivity index (χ2v) is 3.37. The first-order valence-corrected chi connectivity index (χ1v) is 4.80. The Balaban J connectivity index is 2.72. The molecule has 0 aliphatic carbocycles. The Morgan fingerprint density at radius 3 is 2.94 bits per heavy atom. The first-order valence-electron chi connectivity index (χ1n) is 4.80. The van der Waals surface area contributed by atoms with Crippen molar-refractivity contribution in [2.45, 2.75) is 0 Å². The van der Waals surface area contributed by atoms with Crippen LogP contribution in [-0.4, -0.2) is 28.9 Å². The van der Waals surface area contributed by atoms with Crippen molar-refractivity contribution in [2.24, 2.45) is 12.0 Å². The molecule has 1 aromatic carbocycles. The number of hydrogen-bond acceptors (Lipinski definition) is 5. The maximum atomic E-state index is 11.5. The lowest BCUT2D eigenvalue weighted by molar-refractivity contribution is 0.0595. The lowest BCUT2D eigenvalue weighted by Gasteiger charge is -1.95. The fourth-order valence-corrected chi connectivity index (χ4v) is 1.62. The summed E-state index contributed by atoms with van der Waals surface area (Å²) in [5.41, 5.74) is 1.38. The number of aromatic nitrogens is 2. The highest BCUT2D eigenvalue weighted by molar-refractivity contribution is 6.02. The fraction of sp³-hybridized carbons (Fsp3) is 0.182. The van der Waals surface area contributed by atoms with Gasteiger partial charge >= 0.3 is 5.97 Å². The second kappa shape index (κ2) is 4.19. The molecule has 0 aliphatic rings. The minimum Gasteiger partial charge on any atom is -0.464 e. The number of aryl methyl sites for hydroxylation is 1. The monoisotopic (exact) mass is 231 g/mol. The van der Waals surface area contributed by atoms with E-state index in [9.17, 15) is 9.59 Å². The van der Waals surface area contributed by atoms with Crippen LogP contribution < -0.4 is 0 Å². The van der Waals surface area contributed by atoms with Crippen LogP contribution in [-0.2, 0) is 16.6 Å². The first kappa shape index (κ1) is 11.0. The Morgan fingerprint density at radius 1 is 1.53 bits per heavy atom. The topological polar surface area (TPSA) is 73.5 Å². The maximum Gasteiger partial charge on any atom is 0.359 e. The van der Waals surface area contributed by atoms with E-state index in [1.54, 1.807) is 29.9 Å². The highest BCUT2D eigenvalue weighted by Crippen LogP contribution is 2.24. The number of isocyanates is 1. The van der Waals surface area contributed by atoms with E-state index in [0.717, 1.165) is 5.52 Å². The van der Waals surface area contributed by atoms with Crippen LogP contribution in [0.5, 0.6) is 0 Å². The summed E-state index contributed by atoms with van der Waals surface area (Å²) in [7, 11) is 3.01. The van der Waals surface area contributed by atoms with Gasteiger partial charge in [-0.1, -0.05) is 0 Å². The second-order valence-electron chi connectivity index (χ2n) is 3.37. The Hall–Kier alpha value is -2.46. The lowest BCUT2D eigenvalue weighted by Crippen LogP contribution is -2.03. The summed E-state index contributed by atoms with van der Waals surface area (Å²) < 4.78 is 6.20. The standard InChI is InChI=1S/C11H9N3O3/c1-14-9-4-3-7(12-6-15)5-8(9)10(13-14)11(16)17-2/h3-5H,1-2H3. The zero-order chi connectivity index (χ0) is 12.4. The van der Waals surface area contributed by atoms with Crippen LogP contribution in [0.25, 0.3) is 10.9 Å². The molecule has 0 bridgehead atoms. The smallest absolute Gasteiger partial charge is 0.359 e. The van der Waals surface area contributed by atoms with Crippen molar-refractivity contribution in [2.75, 3.05) is 7.11 Å². The van der Waals surface area contributed by atoms with Gasteiger partial charge in [0.15, 0.2) is 5.69 Å². The number of fused-ring (bicyclic) bond motifs is 1. The van der Waals surface area contributed by atoms with Crippen molar-refractivity contribution in [1.29, 1.82) is 0 Å². The van der Waals surface area contributed by atoms with E-state index in [1.165, 1.54) is 13.2 Å². The Bertz CT molecular complexity index is 639. The number of esters is 1. The number of nitrogens with zero attached hydrogens (tertiary/aromatic N) is 3. The zero-order valence-electron chi connectivity index (χ0n) is 9.30. The molecule has 0 fully saturated rings. The van der Waals surface area contributed by atoms with Crippen LogP contribution in [0.3, 0.4) is 0 Å². The molecule has 0 amide bonds. The van der Waals surface area contributed by atoms with E-state index in [-0.39, 0.29) is 5.69 Å². The predicted molar refractivity (Wildman–Crippen MR) is 59.8 cm³/mol. The number of hydrogen-bond donors (Lipinski definition) is 0. The molecule has 0 atom stereocenters. The van der Waals surface area contributed by atoms with Gasteiger partial charge in [-0.2, -0.15) is 10.1 Å². The van der Waals surface area contributed by atoms with Gasteiger partial charge < -0.3 is 4.74 Å². The lowest BCUT2D eigenvalue weighted by atomic mass is 10.2. The number of ether oxygens (including phenoxy) is 1. The average Bonchev–Trinajstić information content (AvgIpc) is 2.66. The van der Waals surface area contributed by atoms with Crippen LogP contribution in [0.2, 0.25) is 0 Å². The van der Waals surface area contributed by atoms with Crippen LogP contribution >= 0.6 is 0 Å². The molecule has 6 heteroatoms. The van der Waals surface area contributed by atoms with Gasteiger partial charge in [0.2, 0.25) is 6.08 Å². The van der Waals surface area contributed by atoms with E-state index in [1.807, 2.05) is 0 Å². The zero-order valence-corrected chi connectivity index (χ0v) is 9.30. The van der Waals surface area contributed by atoms with Gasteiger partial charge in [-0.25, -0.2) is 9.59 Å². The van der Waals surface area contributed by atoms with Crippen molar-refractivity contribution in [3.8, 4) is 0 Å². The number of methoxy groups -OCH3 is 1. The van der Waals surface area contributed by atoms with Gasteiger partial charge in [-0.05, 0) is 18.2 Å². The quantitative estimate of drug-likeness (QED) is 0.444. The summed E-state index contributed by atoms with van der Waals surface area (Å²) in [6, 6.07) is 4.97. The Morgan fingerprint density at radius 2 is 2.29 bits per heavy atom. The molecule has 0 aliphatic heterocycles. The summed E-state index contributed by atoms with van der Waals surface area (Å²) in [6.07, 6.45) is 1.45. The summed E-state index contributed by atoms with van der Waals surface area (Å²) in [5, 5.41) is 4.66. The molecule has 86 valence electrons. The minimum absolute atomic E-state index is 0.202. The Labute approximate surface area is 96.5 Å². The summed E-state index contributed by atoms with van der Waals surface area (Å²) in [5.74, 6) is -0.525. The molecule has 17 heavy (non-hydrogen) atoms. The van der Waals surface area contributed by atoms with Crippen LogP contribution in [0.15, 0.2) is 23.2 Å². The molecule has 1 aromatic heterocycles. The van der Waals surface area contributed by atoms with Crippen molar-refractivity contribution in [1.82, 2.24) is 9.78 Å². The van der Waals surface area contributed by atoms with Gasteiger partial charge in [-0.3, -0.25) is 4.68 Å². The van der Waals surface area contributed by atoms with Gasteiger partial charge in [0, 0.05) is 12.4 Å².